The second-order valence-electron chi connectivity index (χ2n) is 8.60. The monoisotopic (exact) mass is 375 g/mol. The predicted octanol–water partition coefficient (Wildman–Crippen LogP) is 5.06. The molecule has 3 nitrogen and oxygen atoms in total. The number of anilines is 2. The van der Waals surface area contributed by atoms with E-state index in [4.69, 9.17) is 4.74 Å². The van der Waals surface area contributed by atoms with E-state index in [1.54, 1.807) is 0 Å². The molecule has 0 aliphatic carbocycles. The van der Waals surface area contributed by atoms with Crippen LogP contribution < -0.4 is 9.80 Å². The molecule has 1 fully saturated rings. The highest BCUT2D eigenvalue weighted by molar-refractivity contribution is 5.70. The summed E-state index contributed by atoms with van der Waals surface area (Å²) in [6.45, 7) is 10.3. The van der Waals surface area contributed by atoms with Crippen LogP contribution in [0.25, 0.3) is 6.08 Å². The van der Waals surface area contributed by atoms with Crippen molar-refractivity contribution in [3.05, 3.63) is 72.2 Å². The highest BCUT2D eigenvalue weighted by atomic mass is 16.5. The minimum Gasteiger partial charge on any atom is -0.378 e. The van der Waals surface area contributed by atoms with E-state index in [0.29, 0.717) is 0 Å². The van der Waals surface area contributed by atoms with Gasteiger partial charge in [0.15, 0.2) is 5.72 Å². The minimum atomic E-state index is -0.432. The van der Waals surface area contributed by atoms with Gasteiger partial charge in [-0.1, -0.05) is 51.1 Å². The Morgan fingerprint density at radius 2 is 1.89 bits per heavy atom. The molecule has 0 aromatic heterocycles. The van der Waals surface area contributed by atoms with Crippen molar-refractivity contribution in [2.45, 2.75) is 37.8 Å². The maximum absolute atomic E-state index is 6.46. The summed E-state index contributed by atoms with van der Waals surface area (Å²) in [6.07, 6.45) is 6.42. The molecule has 147 valence electrons. The molecule has 4 rings (SSSR count). The van der Waals surface area contributed by atoms with E-state index in [1.807, 2.05) is 0 Å². The summed E-state index contributed by atoms with van der Waals surface area (Å²) in [4.78, 5) is 4.56. The molecule has 0 amide bonds. The standard InChI is InChI=1S/C25H31N2O/c1-6-7-20-10-13-23-22(18-20)24(2,3)25(27(23)16-17-28-25)15-14-19-8-11-21(12-9-19)26(4)5/h8-15,18H,1,6-7,16-17H2,2-5H3. The van der Waals surface area contributed by atoms with Crippen molar-refractivity contribution >= 4 is 17.5 Å². The van der Waals surface area contributed by atoms with Gasteiger partial charge in [-0.3, -0.25) is 0 Å². The van der Waals surface area contributed by atoms with Gasteiger partial charge < -0.3 is 14.5 Å². The molecule has 0 spiro atoms. The number of benzene rings is 2. The molecular weight excluding hydrogens is 344 g/mol. The van der Waals surface area contributed by atoms with Crippen molar-refractivity contribution in [1.82, 2.24) is 0 Å². The Morgan fingerprint density at radius 3 is 2.57 bits per heavy atom. The van der Waals surface area contributed by atoms with Gasteiger partial charge >= 0.3 is 0 Å². The molecule has 1 radical (unpaired) electrons. The third-order valence-electron chi connectivity index (χ3n) is 6.34. The van der Waals surface area contributed by atoms with Crippen molar-refractivity contribution in [2.24, 2.45) is 0 Å². The largest absolute Gasteiger partial charge is 0.378 e. The first-order valence-corrected chi connectivity index (χ1v) is 10.2. The zero-order valence-corrected chi connectivity index (χ0v) is 17.5. The highest BCUT2D eigenvalue weighted by Crippen LogP contribution is 2.55. The molecule has 28 heavy (non-hydrogen) atoms. The molecule has 1 atom stereocenters. The molecule has 2 heterocycles. The van der Waals surface area contributed by atoms with Crippen LogP contribution in [0, 0.1) is 6.92 Å². The molecule has 0 bridgehead atoms. The number of fused-ring (bicyclic) bond motifs is 3. The number of aryl methyl sites for hydroxylation is 1. The quantitative estimate of drug-likeness (QED) is 0.727. The van der Waals surface area contributed by atoms with Crippen LogP contribution in [0.5, 0.6) is 0 Å². The predicted molar refractivity (Wildman–Crippen MR) is 119 cm³/mol. The maximum atomic E-state index is 6.46. The first-order chi connectivity index (χ1) is 13.4. The smallest absolute Gasteiger partial charge is 0.170 e. The lowest BCUT2D eigenvalue weighted by Gasteiger charge is -2.39. The van der Waals surface area contributed by atoms with Crippen LogP contribution in [0.15, 0.2) is 48.5 Å². The Balaban J connectivity index is 1.70. The average molecular weight is 376 g/mol. The number of hydrogen-bond acceptors (Lipinski definition) is 3. The summed E-state index contributed by atoms with van der Waals surface area (Å²) in [7, 11) is 4.13. The van der Waals surface area contributed by atoms with Crippen LogP contribution in [-0.2, 0) is 16.6 Å². The van der Waals surface area contributed by atoms with Gasteiger partial charge in [0, 0.05) is 37.4 Å². The van der Waals surface area contributed by atoms with Gasteiger partial charge in [-0.25, -0.2) is 0 Å². The normalized spacial score (nSPS) is 22.5. The topological polar surface area (TPSA) is 15.7 Å². The van der Waals surface area contributed by atoms with Crippen molar-refractivity contribution in [1.29, 1.82) is 0 Å². The van der Waals surface area contributed by atoms with Gasteiger partial charge in [0.1, 0.15) is 0 Å². The molecule has 2 aliphatic heterocycles. The molecular formula is C25H31N2O. The third-order valence-corrected chi connectivity index (χ3v) is 6.34. The Morgan fingerprint density at radius 1 is 1.14 bits per heavy atom. The summed E-state index contributed by atoms with van der Waals surface area (Å²) in [6, 6.07) is 15.5. The number of nitrogens with zero attached hydrogens (tertiary/aromatic N) is 2. The first kappa shape index (κ1) is 19.1. The first-order valence-electron chi connectivity index (χ1n) is 10.2. The van der Waals surface area contributed by atoms with Gasteiger partial charge in [-0.05, 0) is 53.8 Å². The maximum Gasteiger partial charge on any atom is 0.170 e. The van der Waals surface area contributed by atoms with E-state index in [9.17, 15) is 0 Å². The van der Waals surface area contributed by atoms with E-state index >= 15 is 0 Å². The SMILES string of the molecule is [CH2]CCc1ccc2c(c1)C(C)(C)C1(C=Cc3ccc(N(C)C)cc3)OCCN21. The molecule has 0 saturated carbocycles. The molecule has 3 heteroatoms. The van der Waals surface area contributed by atoms with Gasteiger partial charge in [-0.2, -0.15) is 0 Å². The number of rotatable bonds is 5. The van der Waals surface area contributed by atoms with Crippen LogP contribution in [0.3, 0.4) is 0 Å². The molecule has 2 aromatic rings. The van der Waals surface area contributed by atoms with Crippen molar-refractivity contribution in [2.75, 3.05) is 37.0 Å². The fraction of sp³-hybridized carbons (Fsp3) is 0.400. The van der Waals surface area contributed by atoms with Gasteiger partial charge in [0.2, 0.25) is 0 Å². The Kier molecular flexibility index (Phi) is 4.75. The van der Waals surface area contributed by atoms with E-state index in [-0.39, 0.29) is 5.41 Å². The highest BCUT2D eigenvalue weighted by Gasteiger charge is 2.59. The lowest BCUT2D eigenvalue weighted by atomic mass is 9.76. The summed E-state index contributed by atoms with van der Waals surface area (Å²) < 4.78 is 6.46. The van der Waals surface area contributed by atoms with Crippen LogP contribution in [0.4, 0.5) is 11.4 Å². The molecule has 2 aliphatic rings. The van der Waals surface area contributed by atoms with Gasteiger partial charge in [0.05, 0.1) is 6.61 Å². The fourth-order valence-electron chi connectivity index (χ4n) is 4.66. The fourth-order valence-corrected chi connectivity index (χ4v) is 4.66. The van der Waals surface area contributed by atoms with Crippen molar-refractivity contribution in [3.63, 3.8) is 0 Å². The second-order valence-corrected chi connectivity index (χ2v) is 8.60. The lowest BCUT2D eigenvalue weighted by molar-refractivity contribution is 0.000325. The third kappa shape index (κ3) is 2.84. The Labute approximate surface area is 169 Å². The van der Waals surface area contributed by atoms with E-state index < -0.39 is 5.72 Å². The van der Waals surface area contributed by atoms with E-state index in [2.05, 4.69) is 99.3 Å². The molecule has 2 aromatic carbocycles. The van der Waals surface area contributed by atoms with Crippen LogP contribution in [-0.4, -0.2) is 33.0 Å². The second kappa shape index (κ2) is 6.97. The number of hydrogen-bond donors (Lipinski definition) is 0. The zero-order chi connectivity index (χ0) is 19.9. The Bertz CT molecular complexity index is 882. The molecule has 0 N–H and O–H groups in total. The summed E-state index contributed by atoms with van der Waals surface area (Å²) in [5.41, 5.74) is 5.89. The zero-order valence-electron chi connectivity index (χ0n) is 17.5. The summed E-state index contributed by atoms with van der Waals surface area (Å²) in [5, 5.41) is 0. The molecule has 1 saturated heterocycles. The van der Waals surface area contributed by atoms with Gasteiger partial charge in [0.25, 0.3) is 0 Å². The summed E-state index contributed by atoms with van der Waals surface area (Å²) in [5.74, 6) is 0. The van der Waals surface area contributed by atoms with Crippen molar-refractivity contribution in [3.8, 4) is 0 Å². The Hall–Kier alpha value is -2.26. The van der Waals surface area contributed by atoms with Gasteiger partial charge in [-0.15, -0.1) is 0 Å². The van der Waals surface area contributed by atoms with Crippen LogP contribution >= 0.6 is 0 Å². The lowest BCUT2D eigenvalue weighted by Crippen LogP contribution is -2.51. The van der Waals surface area contributed by atoms with E-state index in [0.717, 1.165) is 26.0 Å². The number of ether oxygens (including phenoxy) is 1. The van der Waals surface area contributed by atoms with Crippen LogP contribution in [0.1, 0.15) is 37.0 Å². The van der Waals surface area contributed by atoms with Crippen molar-refractivity contribution < 1.29 is 4.74 Å². The average Bonchev–Trinajstić information content (AvgIpc) is 3.18. The minimum absolute atomic E-state index is 0.129. The molecule has 1 unspecified atom stereocenters. The van der Waals surface area contributed by atoms with Crippen LogP contribution in [0.2, 0.25) is 0 Å². The van der Waals surface area contributed by atoms with E-state index in [1.165, 1.54) is 28.1 Å². The summed E-state index contributed by atoms with van der Waals surface area (Å²) >= 11 is 0.